The molecule has 2 aromatic carbocycles. The molecular formula is C24H26N2O7. The summed E-state index contributed by atoms with van der Waals surface area (Å²) in [6.45, 7) is 1.95. The molecule has 9 nitrogen and oxygen atoms in total. The third kappa shape index (κ3) is 6.31. The molecule has 1 saturated heterocycles. The molecule has 1 aliphatic heterocycles. The van der Waals surface area contributed by atoms with Gasteiger partial charge in [0.2, 0.25) is 5.91 Å². The van der Waals surface area contributed by atoms with E-state index in [1.54, 1.807) is 43.5 Å². The van der Waals surface area contributed by atoms with Gasteiger partial charge in [0.05, 0.1) is 25.2 Å². The summed E-state index contributed by atoms with van der Waals surface area (Å²) < 4.78 is 15.3. The minimum absolute atomic E-state index is 0.0159. The van der Waals surface area contributed by atoms with Crippen molar-refractivity contribution in [3.63, 3.8) is 0 Å². The minimum atomic E-state index is -0.652. The Hall–Kier alpha value is -3.88. The summed E-state index contributed by atoms with van der Waals surface area (Å²) in [6.07, 6.45) is 0.745. The van der Waals surface area contributed by atoms with Gasteiger partial charge in [-0.1, -0.05) is 6.92 Å². The second-order valence-electron chi connectivity index (χ2n) is 7.47. The maximum absolute atomic E-state index is 12.4. The molecule has 0 unspecified atom stereocenters. The number of rotatable bonds is 9. The van der Waals surface area contributed by atoms with Gasteiger partial charge >= 0.3 is 11.9 Å². The molecule has 0 saturated carbocycles. The largest absolute Gasteiger partial charge is 0.497 e. The lowest BCUT2D eigenvalue weighted by Crippen LogP contribution is -2.28. The Morgan fingerprint density at radius 1 is 1.03 bits per heavy atom. The number of esters is 2. The average molecular weight is 454 g/mol. The zero-order valence-corrected chi connectivity index (χ0v) is 18.5. The SMILES string of the molecule is CCCOC(=O)c1ccc(NC(=O)COC(=O)[C@H]2CC(=O)N(c3ccc(OC)cc3)C2)cc1. The summed E-state index contributed by atoms with van der Waals surface area (Å²) in [5, 5.41) is 2.59. The summed E-state index contributed by atoms with van der Waals surface area (Å²) in [4.78, 5) is 50.2. The molecule has 2 amide bonds. The van der Waals surface area contributed by atoms with E-state index < -0.39 is 30.4 Å². The molecule has 3 rings (SSSR count). The van der Waals surface area contributed by atoms with E-state index >= 15 is 0 Å². The van der Waals surface area contributed by atoms with Crippen LogP contribution in [0.1, 0.15) is 30.1 Å². The Morgan fingerprint density at radius 3 is 2.36 bits per heavy atom. The normalized spacial score (nSPS) is 15.2. The Kier molecular flexibility index (Phi) is 8.01. The topological polar surface area (TPSA) is 111 Å². The van der Waals surface area contributed by atoms with Gasteiger partial charge < -0.3 is 24.4 Å². The predicted octanol–water partition coefficient (Wildman–Crippen LogP) is 2.80. The summed E-state index contributed by atoms with van der Waals surface area (Å²) in [5.41, 5.74) is 1.49. The second kappa shape index (κ2) is 11.1. The van der Waals surface area contributed by atoms with Crippen LogP contribution in [0.15, 0.2) is 48.5 Å². The fraction of sp³-hybridized carbons (Fsp3) is 0.333. The Bertz CT molecular complexity index is 1000. The van der Waals surface area contributed by atoms with Gasteiger partial charge in [-0.3, -0.25) is 14.4 Å². The molecule has 1 aliphatic rings. The number of nitrogens with one attached hydrogen (secondary N) is 1. The van der Waals surface area contributed by atoms with E-state index in [-0.39, 0.29) is 18.9 Å². The van der Waals surface area contributed by atoms with Crippen LogP contribution in [0, 0.1) is 5.92 Å². The third-order valence-electron chi connectivity index (χ3n) is 5.03. The number of hydrogen-bond acceptors (Lipinski definition) is 7. The monoisotopic (exact) mass is 454 g/mol. The summed E-state index contributed by atoms with van der Waals surface area (Å²) in [5.74, 6) is -1.74. The molecule has 0 aromatic heterocycles. The highest BCUT2D eigenvalue weighted by atomic mass is 16.5. The van der Waals surface area contributed by atoms with E-state index in [1.165, 1.54) is 17.0 Å². The van der Waals surface area contributed by atoms with Crippen molar-refractivity contribution in [2.45, 2.75) is 19.8 Å². The number of anilines is 2. The number of carbonyl (C=O) groups is 4. The molecule has 2 aromatic rings. The Morgan fingerprint density at radius 2 is 1.73 bits per heavy atom. The zero-order chi connectivity index (χ0) is 23.8. The van der Waals surface area contributed by atoms with E-state index in [1.807, 2.05) is 6.92 Å². The summed E-state index contributed by atoms with van der Waals surface area (Å²) in [6, 6.07) is 13.2. The van der Waals surface area contributed by atoms with Crippen molar-refractivity contribution in [1.29, 1.82) is 0 Å². The summed E-state index contributed by atoms with van der Waals surface area (Å²) >= 11 is 0. The van der Waals surface area contributed by atoms with E-state index in [0.717, 1.165) is 6.42 Å². The maximum Gasteiger partial charge on any atom is 0.338 e. The van der Waals surface area contributed by atoms with Crippen molar-refractivity contribution in [2.75, 3.05) is 37.1 Å². The third-order valence-corrected chi connectivity index (χ3v) is 5.03. The number of nitrogens with zero attached hydrogens (tertiary/aromatic N) is 1. The van der Waals surface area contributed by atoms with Gasteiger partial charge in [0.1, 0.15) is 5.75 Å². The molecule has 174 valence electrons. The van der Waals surface area contributed by atoms with Crippen LogP contribution in [0.5, 0.6) is 5.75 Å². The molecule has 0 bridgehead atoms. The molecule has 1 N–H and O–H groups in total. The fourth-order valence-corrected chi connectivity index (χ4v) is 3.30. The van der Waals surface area contributed by atoms with Crippen LogP contribution in [0.4, 0.5) is 11.4 Å². The predicted molar refractivity (Wildman–Crippen MR) is 120 cm³/mol. The molecule has 33 heavy (non-hydrogen) atoms. The lowest BCUT2D eigenvalue weighted by molar-refractivity contribution is -0.151. The zero-order valence-electron chi connectivity index (χ0n) is 18.5. The molecule has 1 heterocycles. The Balaban J connectivity index is 1.46. The van der Waals surface area contributed by atoms with Gasteiger partial charge in [-0.2, -0.15) is 0 Å². The van der Waals surface area contributed by atoms with Gasteiger partial charge in [-0.15, -0.1) is 0 Å². The molecule has 0 radical (unpaired) electrons. The molecule has 1 atom stereocenters. The van der Waals surface area contributed by atoms with Gasteiger partial charge in [0.15, 0.2) is 6.61 Å². The van der Waals surface area contributed by atoms with Crippen LogP contribution in [-0.4, -0.2) is 50.6 Å². The Labute approximate surface area is 191 Å². The first-order valence-electron chi connectivity index (χ1n) is 10.6. The van der Waals surface area contributed by atoms with Crippen molar-refractivity contribution in [3.05, 3.63) is 54.1 Å². The summed E-state index contributed by atoms with van der Waals surface area (Å²) in [7, 11) is 1.55. The number of amides is 2. The van der Waals surface area contributed by atoms with Gasteiger partial charge in [0, 0.05) is 24.3 Å². The van der Waals surface area contributed by atoms with Gasteiger partial charge in [0.25, 0.3) is 5.91 Å². The van der Waals surface area contributed by atoms with Crippen molar-refractivity contribution >= 4 is 35.1 Å². The van der Waals surface area contributed by atoms with Crippen LogP contribution in [0.3, 0.4) is 0 Å². The van der Waals surface area contributed by atoms with Crippen LogP contribution in [-0.2, 0) is 23.9 Å². The van der Waals surface area contributed by atoms with Crippen molar-refractivity contribution in [3.8, 4) is 5.75 Å². The van der Waals surface area contributed by atoms with E-state index in [9.17, 15) is 19.2 Å². The number of methoxy groups -OCH3 is 1. The smallest absolute Gasteiger partial charge is 0.338 e. The standard InChI is InChI=1S/C24H26N2O7/c1-3-12-32-23(29)16-4-6-18(7-5-16)25-21(27)15-33-24(30)17-13-22(28)26(14-17)19-8-10-20(31-2)11-9-19/h4-11,17H,3,12-15H2,1-2H3,(H,25,27)/t17-/m0/s1. The second-order valence-corrected chi connectivity index (χ2v) is 7.47. The first-order valence-corrected chi connectivity index (χ1v) is 10.6. The molecule has 0 spiro atoms. The van der Waals surface area contributed by atoms with E-state index in [0.29, 0.717) is 29.3 Å². The molecule has 1 fully saturated rings. The van der Waals surface area contributed by atoms with E-state index in [4.69, 9.17) is 14.2 Å². The van der Waals surface area contributed by atoms with Crippen molar-refractivity contribution in [1.82, 2.24) is 0 Å². The average Bonchev–Trinajstić information content (AvgIpc) is 3.23. The number of hydrogen-bond donors (Lipinski definition) is 1. The highest BCUT2D eigenvalue weighted by molar-refractivity contribution is 6.00. The van der Waals surface area contributed by atoms with Crippen LogP contribution in [0.2, 0.25) is 0 Å². The first-order chi connectivity index (χ1) is 15.9. The first kappa shape index (κ1) is 23.8. The molecular weight excluding hydrogens is 428 g/mol. The van der Waals surface area contributed by atoms with Crippen LogP contribution >= 0.6 is 0 Å². The number of benzene rings is 2. The van der Waals surface area contributed by atoms with Crippen LogP contribution < -0.4 is 15.0 Å². The minimum Gasteiger partial charge on any atom is -0.497 e. The lowest BCUT2D eigenvalue weighted by Gasteiger charge is -2.16. The lowest BCUT2D eigenvalue weighted by atomic mass is 10.1. The number of ether oxygens (including phenoxy) is 3. The van der Waals surface area contributed by atoms with Crippen molar-refractivity contribution in [2.24, 2.45) is 5.92 Å². The van der Waals surface area contributed by atoms with E-state index in [2.05, 4.69) is 5.32 Å². The van der Waals surface area contributed by atoms with Gasteiger partial charge in [-0.05, 0) is 55.0 Å². The van der Waals surface area contributed by atoms with Crippen LogP contribution in [0.25, 0.3) is 0 Å². The highest BCUT2D eigenvalue weighted by Crippen LogP contribution is 2.27. The molecule has 9 heteroatoms. The molecule has 0 aliphatic carbocycles. The van der Waals surface area contributed by atoms with Gasteiger partial charge in [-0.25, -0.2) is 4.79 Å². The number of carbonyl (C=O) groups excluding carboxylic acids is 4. The van der Waals surface area contributed by atoms with Crippen molar-refractivity contribution < 1.29 is 33.4 Å². The fourth-order valence-electron chi connectivity index (χ4n) is 3.30. The quantitative estimate of drug-likeness (QED) is 0.580. The maximum atomic E-state index is 12.4. The highest BCUT2D eigenvalue weighted by Gasteiger charge is 2.36.